The van der Waals surface area contributed by atoms with Crippen molar-refractivity contribution >= 4 is 126 Å². The summed E-state index contributed by atoms with van der Waals surface area (Å²) in [7, 11) is -1.42. The molecular formula is C106H120BF6N15O13S3. The first kappa shape index (κ1) is 116. The van der Waals surface area contributed by atoms with Gasteiger partial charge in [-0.3, -0.25) is 44.0 Å². The number of carbonyl (C=O) groups excluding carboxylic acids is 2. The van der Waals surface area contributed by atoms with Gasteiger partial charge in [-0.05, 0) is 329 Å². The number of hydrogen-bond acceptors (Lipinski definition) is 23. The predicted molar refractivity (Wildman–Crippen MR) is 568 cm³/mol. The number of nitrogens with zero attached hydrogens (tertiary/aromatic N) is 12. The number of anilines is 6. The lowest BCUT2D eigenvalue weighted by atomic mass is 9.91. The highest BCUT2D eigenvalue weighted by Gasteiger charge is 2.23. The summed E-state index contributed by atoms with van der Waals surface area (Å²) in [6, 6.07) is 49.2. The fraction of sp³-hybridized carbons (Fsp3) is 0.236. The van der Waals surface area contributed by atoms with Gasteiger partial charge in [0.1, 0.15) is 34.9 Å². The highest BCUT2D eigenvalue weighted by molar-refractivity contribution is 7.92. The summed E-state index contributed by atoms with van der Waals surface area (Å²) in [6.45, 7) is 24.5. The molecule has 28 nitrogen and oxygen atoms in total. The Morgan fingerprint density at radius 2 is 0.542 bits per heavy atom. The number of rotatable bonds is 31. The van der Waals surface area contributed by atoms with Crippen molar-refractivity contribution in [2.24, 2.45) is 10.9 Å². The Kier molecular flexibility index (Phi) is 43.5. The fourth-order valence-electron chi connectivity index (χ4n) is 12.9. The molecule has 0 aliphatic rings. The molecule has 12 rings (SSSR count). The van der Waals surface area contributed by atoms with Gasteiger partial charge < -0.3 is 50.3 Å². The number of aromatic nitrogens is 6. The van der Waals surface area contributed by atoms with Gasteiger partial charge in [0.05, 0.1) is 80.0 Å². The van der Waals surface area contributed by atoms with Crippen molar-refractivity contribution in [1.29, 1.82) is 0 Å². The van der Waals surface area contributed by atoms with Gasteiger partial charge in [0.15, 0.2) is 0 Å². The summed E-state index contributed by atoms with van der Waals surface area (Å²) in [5.41, 5.74) is 23.2. The van der Waals surface area contributed by atoms with E-state index in [2.05, 4.69) is 67.4 Å². The molecule has 2 amide bonds. The minimum atomic E-state index is -4.20. The van der Waals surface area contributed by atoms with Gasteiger partial charge in [0.2, 0.25) is 26.0 Å². The van der Waals surface area contributed by atoms with Crippen LogP contribution >= 0.6 is 0 Å². The Bertz CT molecular complexity index is 6640. The van der Waals surface area contributed by atoms with E-state index in [1.54, 1.807) is 122 Å². The van der Waals surface area contributed by atoms with Gasteiger partial charge in [0.25, 0.3) is 16.0 Å². The van der Waals surface area contributed by atoms with E-state index in [1.165, 1.54) is 115 Å². The number of carboxylic acids is 1. The van der Waals surface area contributed by atoms with Gasteiger partial charge in [-0.1, -0.05) is 12.1 Å². The second-order valence-electron chi connectivity index (χ2n) is 34.5. The maximum Gasteiger partial charge on any atom is 0.480 e. The third-order valence-corrected chi connectivity index (χ3v) is 23.4. The number of carboxylic acid groups (broad SMARTS) is 1. The number of nitrogens with two attached hydrogens (primary N) is 2. The van der Waals surface area contributed by atoms with Crippen LogP contribution in [-0.2, 0) is 44.5 Å². The number of primary sulfonamides is 1. The number of aliphatic carboxylic acids is 1. The molecule has 0 atom stereocenters. The highest BCUT2D eigenvalue weighted by Crippen LogP contribution is 2.38. The van der Waals surface area contributed by atoms with E-state index in [4.69, 9.17) is 30.6 Å². The number of primary amides is 1. The van der Waals surface area contributed by atoms with E-state index < -0.39 is 55.1 Å². The van der Waals surface area contributed by atoms with Crippen LogP contribution in [-0.4, -0.2) is 185 Å². The van der Waals surface area contributed by atoms with Crippen molar-refractivity contribution < 1.29 is 85.7 Å². The minimum absolute atomic E-state index is 0.173. The number of sulfonamides is 2. The first-order valence-corrected chi connectivity index (χ1v) is 50.0. The van der Waals surface area contributed by atoms with Crippen LogP contribution in [0, 0.1) is 34.9 Å². The molecule has 9 N–H and O–H groups in total. The summed E-state index contributed by atoms with van der Waals surface area (Å²) < 4.78 is 156. The zero-order chi connectivity index (χ0) is 107. The molecule has 0 saturated carbocycles. The van der Waals surface area contributed by atoms with E-state index in [1.807, 2.05) is 152 Å². The van der Waals surface area contributed by atoms with Crippen LogP contribution < -0.4 is 45.0 Å². The molecule has 0 spiro atoms. The summed E-state index contributed by atoms with van der Waals surface area (Å²) in [6.07, 6.45) is 22.8. The molecule has 0 unspecified atom stereocenters. The highest BCUT2D eigenvalue weighted by atomic mass is 32.2. The molecule has 144 heavy (non-hydrogen) atoms. The van der Waals surface area contributed by atoms with Crippen LogP contribution in [0.5, 0.6) is 0 Å². The molecule has 38 heteroatoms. The van der Waals surface area contributed by atoms with E-state index in [0.29, 0.717) is 44.7 Å². The maximum absolute atomic E-state index is 13.2. The van der Waals surface area contributed by atoms with Crippen LogP contribution in [0.1, 0.15) is 116 Å². The number of amides is 2. The Morgan fingerprint density at radius 1 is 0.340 bits per heavy atom. The van der Waals surface area contributed by atoms with Crippen molar-refractivity contribution in [3.05, 3.63) is 322 Å². The quantitative estimate of drug-likeness (QED) is 0.00918. The summed E-state index contributed by atoms with van der Waals surface area (Å²) in [5.74, 6) is -2.82. The SMILES string of the molecule is CC(C)N(C)c1cc(/C=C/B(O)O)cnc1-c1ccc(F)cc1.CC(C)N(C)c1cc(/C=C/C(=O)NS(C)(=O)=O)cnc1-c1ccc(F)cc1.CC(C)N(C)c1cc(/C=C/C(=O)O)cnc1-c1ccc(F)cc1.CC(C)N(C)c1cc(/C=C/C(N)=O)cnc1-c1ccc(F)cc1.CC(C)N(C)c1cc(/C=C/S(=O)(=O)O)cnc1-c1ccc(F)cc1.CC(C)N(C)c1cc(/C=C/S(N)(=O)=O)cnc1-c1ccc(F)cc1. The summed E-state index contributed by atoms with van der Waals surface area (Å²) in [5, 5.41) is 33.3. The van der Waals surface area contributed by atoms with Crippen molar-refractivity contribution in [1.82, 2.24) is 34.6 Å². The van der Waals surface area contributed by atoms with Crippen molar-refractivity contribution in [3.8, 4) is 67.5 Å². The van der Waals surface area contributed by atoms with Crippen LogP contribution in [0.25, 0.3) is 104 Å². The summed E-state index contributed by atoms with van der Waals surface area (Å²) in [4.78, 5) is 72.1. The van der Waals surface area contributed by atoms with Gasteiger partial charge >= 0.3 is 13.1 Å². The smallest absolute Gasteiger partial charge is 0.478 e. The molecular weight excluding hydrogens is 1910 g/mol. The van der Waals surface area contributed by atoms with Crippen LogP contribution in [0.3, 0.4) is 0 Å². The number of pyridine rings is 6. The number of halogens is 6. The first-order valence-electron chi connectivity index (χ1n) is 45.0. The van der Waals surface area contributed by atoms with E-state index >= 15 is 0 Å². The number of hydrogen-bond donors (Lipinski definition) is 7. The Morgan fingerprint density at radius 3 is 0.729 bits per heavy atom. The number of nitrogens with one attached hydrogen (secondary N) is 1. The van der Waals surface area contributed by atoms with Crippen molar-refractivity contribution in [2.75, 3.05) is 77.9 Å². The van der Waals surface area contributed by atoms with Crippen LogP contribution in [0.4, 0.5) is 60.5 Å². The Balaban J connectivity index is 0.000000235. The number of benzene rings is 6. The third-order valence-electron chi connectivity index (χ3n) is 21.9. The lowest BCUT2D eigenvalue weighted by molar-refractivity contribution is -0.131. The first-order chi connectivity index (χ1) is 67.5. The predicted octanol–water partition coefficient (Wildman–Crippen LogP) is 19.2. The van der Waals surface area contributed by atoms with E-state index in [0.717, 1.165) is 120 Å². The lowest BCUT2D eigenvalue weighted by Crippen LogP contribution is -2.27. The summed E-state index contributed by atoms with van der Waals surface area (Å²) >= 11 is 0. The molecule has 6 heterocycles. The molecule has 760 valence electrons. The van der Waals surface area contributed by atoms with Crippen LogP contribution in [0.15, 0.2) is 254 Å². The van der Waals surface area contributed by atoms with E-state index in [9.17, 15) is 66.0 Å². The molecule has 0 radical (unpaired) electrons. The fourth-order valence-corrected chi connectivity index (χ4v) is 14.0. The third kappa shape index (κ3) is 37.6. The maximum atomic E-state index is 13.2. The molecule has 0 saturated heterocycles. The monoisotopic (exact) mass is 2030 g/mol. The molecule has 6 aromatic carbocycles. The molecule has 0 fully saturated rings. The molecule has 0 aliphatic heterocycles. The minimum Gasteiger partial charge on any atom is -0.478 e. The molecule has 6 aromatic heterocycles. The zero-order valence-electron chi connectivity index (χ0n) is 83.2. The normalized spacial score (nSPS) is 11.6. The zero-order valence-corrected chi connectivity index (χ0v) is 85.7. The standard InChI is InChI=1S/C19H22FN3O3S.C18H20FN3O.C18H19FN2O2.C17H20BFN2O2.C17H20FN3O2S.C17H19FN2O3S/c1-13(2)23(3)17-11-14(5-10-18(24)22-27(4,25)26)12-21-19(17)15-6-8-16(20)9-7-15;1-12(2)22(3)16-10-13(4-9-17(20)23)11-21-18(16)14-5-7-15(19)8-6-14;1-12(2)21(3)16-10-13(4-9-17(22)23)11-20-18(16)14-5-7-15(19)8-6-14;1-12(2)21(3)16-10-13(8-9-18(22)23)11-20-17(16)14-4-6-15(19)7-5-14;1-12(2)21(3)16-10-13(8-9-24(19,22)23)11-20-17(16)14-4-6-15(18)7-5-14;1-12(2)20(3)16-10-13(8-9-24(21,22)23)11-19-17(16)14-4-6-15(18)7-5-14/h5-13H,1-4H3,(H,22,24);4-12H,1-3H3,(H2,20,23);4-12H,1-3H3,(H,22,23);4-12,22-23H,1-3H3;4-12H,1-3H3,(H2,19,22,23);4-12H,1-3H3,(H,21,22,23)/b10-5+;2*9-4+;3*9-8+. The number of carbonyl (C=O) groups is 3. The van der Waals surface area contributed by atoms with Gasteiger partial charge in [-0.2, -0.15) is 8.42 Å². The van der Waals surface area contributed by atoms with Crippen molar-refractivity contribution in [3.63, 3.8) is 0 Å². The van der Waals surface area contributed by atoms with E-state index in [-0.39, 0.29) is 71.2 Å². The lowest BCUT2D eigenvalue weighted by Gasteiger charge is -2.26. The average Bonchev–Trinajstić information content (AvgIpc) is 0.809. The van der Waals surface area contributed by atoms with Gasteiger partial charge in [-0.15, -0.1) is 0 Å². The Labute approximate surface area is 839 Å². The average molecular weight is 2030 g/mol. The largest absolute Gasteiger partial charge is 0.480 e. The second kappa shape index (κ2) is 53.9. The Hall–Kier alpha value is -14.8. The van der Waals surface area contributed by atoms with Gasteiger partial charge in [-0.25, -0.2) is 57.8 Å². The molecule has 12 aromatic rings. The van der Waals surface area contributed by atoms with Gasteiger partial charge in [0, 0.05) is 173 Å². The molecule has 0 aliphatic carbocycles. The molecule has 0 bridgehead atoms. The van der Waals surface area contributed by atoms with Crippen molar-refractivity contribution in [2.45, 2.75) is 119 Å². The second-order valence-corrected chi connectivity index (χ2v) is 39.0. The van der Waals surface area contributed by atoms with Crippen LogP contribution in [0.2, 0.25) is 0 Å². The topological polar surface area (TPSA) is 395 Å².